The molecule has 0 spiro atoms. The summed E-state index contributed by atoms with van der Waals surface area (Å²) in [6.07, 6.45) is -0.555. The minimum atomic E-state index is -1.67. The summed E-state index contributed by atoms with van der Waals surface area (Å²) in [5.74, 6) is -0.321. The molecule has 2 atom stereocenters. The smallest absolute Gasteiger partial charge is 0.434 e. The second-order valence-corrected chi connectivity index (χ2v) is 7.62. The third-order valence-electron chi connectivity index (χ3n) is 2.19. The molecule has 0 aromatic carbocycles. The van der Waals surface area contributed by atoms with E-state index in [0.717, 1.165) is 0 Å². The van der Waals surface area contributed by atoms with Crippen molar-refractivity contribution in [3.05, 3.63) is 0 Å². The van der Waals surface area contributed by atoms with Gasteiger partial charge in [-0.2, -0.15) is 0 Å². The molecular weight excluding hydrogens is 357 g/mol. The lowest BCUT2D eigenvalue weighted by Crippen LogP contribution is -2.56. The molecule has 0 bridgehead atoms. The highest BCUT2D eigenvalue weighted by molar-refractivity contribution is 8.21. The molecule has 1 rings (SSSR count). The third-order valence-corrected chi connectivity index (χ3v) is 3.70. The van der Waals surface area contributed by atoms with E-state index in [-0.39, 0.29) is 23.8 Å². The molecule has 0 radical (unpaired) electrons. The number of carbonyl (C=O) groups is 2. The zero-order chi connectivity index (χ0) is 14.5. The van der Waals surface area contributed by atoms with Gasteiger partial charge in [-0.05, 0) is 6.42 Å². The second kappa shape index (κ2) is 7.73. The fourth-order valence-electron chi connectivity index (χ4n) is 1.31. The van der Waals surface area contributed by atoms with Crippen LogP contribution < -0.4 is 5.32 Å². The largest absolute Gasteiger partial charge is 0.508 e. The normalized spacial score (nSPS) is 22.2. The summed E-state index contributed by atoms with van der Waals surface area (Å²) in [4.78, 5) is 22.4. The molecule has 0 aromatic rings. The zero-order valence-corrected chi connectivity index (χ0v) is 13.3. The Balaban J connectivity index is 2.17. The molecule has 1 amide bonds. The number of thioether (sulfide) groups is 1. The maximum absolute atomic E-state index is 11.3. The Morgan fingerprint density at radius 2 is 2.16 bits per heavy atom. The van der Waals surface area contributed by atoms with Crippen molar-refractivity contribution in [1.82, 2.24) is 5.32 Å². The Hall–Kier alpha value is 0.0500. The lowest BCUT2D eigenvalue weighted by atomic mass is 9.98. The average molecular weight is 367 g/mol. The van der Waals surface area contributed by atoms with Crippen LogP contribution in [0.1, 0.15) is 6.42 Å². The van der Waals surface area contributed by atoms with E-state index in [1.807, 2.05) is 0 Å². The zero-order valence-electron chi connectivity index (χ0n) is 9.44. The highest BCUT2D eigenvalue weighted by atomic mass is 35.6. The number of β-lactam (4-membered cyclic amide) rings is 1. The fourth-order valence-corrected chi connectivity index (χ4v) is 2.59. The summed E-state index contributed by atoms with van der Waals surface area (Å²) in [7, 11) is 0. The molecule has 1 heterocycles. The number of halogens is 3. The van der Waals surface area contributed by atoms with Crippen molar-refractivity contribution in [3.8, 4) is 0 Å². The van der Waals surface area contributed by atoms with E-state index in [2.05, 4.69) is 22.3 Å². The van der Waals surface area contributed by atoms with Crippen molar-refractivity contribution >= 4 is 75.5 Å². The minimum absolute atomic E-state index is 0.0469. The third kappa shape index (κ3) is 6.35. The van der Waals surface area contributed by atoms with Crippen LogP contribution in [-0.4, -0.2) is 39.1 Å². The van der Waals surface area contributed by atoms with Crippen LogP contribution in [0, 0.1) is 5.92 Å². The molecule has 108 valence electrons. The Morgan fingerprint density at radius 1 is 1.47 bits per heavy atom. The van der Waals surface area contributed by atoms with Gasteiger partial charge in [0.05, 0.1) is 17.9 Å². The topological polar surface area (TPSA) is 64.6 Å². The monoisotopic (exact) mass is 365 g/mol. The standard InChI is InChI=1S/C9H10Cl3NO4S2/c10-9(11,12)3-17-8(15)16-2-1-5-6(14)13-7(5)19-4-18/h4-5,7H,1-3H2,(H,13,14)/t5-,7+/m0/s1. The van der Waals surface area contributed by atoms with Crippen LogP contribution in [0.2, 0.25) is 0 Å². The van der Waals surface area contributed by atoms with Gasteiger partial charge in [-0.25, -0.2) is 4.79 Å². The molecule has 1 fully saturated rings. The van der Waals surface area contributed by atoms with Gasteiger partial charge in [-0.3, -0.25) is 4.79 Å². The van der Waals surface area contributed by atoms with Gasteiger partial charge in [-0.1, -0.05) is 58.8 Å². The Bertz CT molecular complexity index is 362. The number of carbonyl (C=O) groups excluding carboxylic acids is 2. The lowest BCUT2D eigenvalue weighted by molar-refractivity contribution is -0.133. The van der Waals surface area contributed by atoms with Gasteiger partial charge in [0.25, 0.3) is 0 Å². The number of nitrogens with one attached hydrogen (secondary N) is 1. The molecule has 1 saturated heterocycles. The molecule has 19 heavy (non-hydrogen) atoms. The van der Waals surface area contributed by atoms with E-state index < -0.39 is 16.6 Å². The molecule has 0 aliphatic carbocycles. The van der Waals surface area contributed by atoms with Crippen LogP contribution in [-0.2, 0) is 14.3 Å². The predicted molar refractivity (Wildman–Crippen MR) is 78.9 cm³/mol. The number of hydrogen-bond donors (Lipinski definition) is 1. The first-order valence-corrected chi connectivity index (χ1v) is 7.64. The highest BCUT2D eigenvalue weighted by Gasteiger charge is 2.38. The highest BCUT2D eigenvalue weighted by Crippen LogP contribution is 2.28. The average Bonchev–Trinajstić information content (AvgIpc) is 2.31. The molecular formula is C9H10Cl3NO4S2. The van der Waals surface area contributed by atoms with Gasteiger partial charge in [-0.15, -0.1) is 0 Å². The van der Waals surface area contributed by atoms with Crippen molar-refractivity contribution in [1.29, 1.82) is 0 Å². The molecule has 1 N–H and O–H groups in total. The number of hydrogen-bond acceptors (Lipinski definition) is 6. The number of alkyl halides is 3. The Labute approximate surface area is 134 Å². The predicted octanol–water partition coefficient (Wildman–Crippen LogP) is 2.66. The van der Waals surface area contributed by atoms with Crippen LogP contribution in [0.5, 0.6) is 0 Å². The molecule has 1 aliphatic rings. The molecule has 0 saturated carbocycles. The molecule has 10 heteroatoms. The Morgan fingerprint density at radius 3 is 2.68 bits per heavy atom. The number of rotatable bonds is 6. The SMILES string of the molecule is O=C(OCC[C@H]1C(=O)N[C@@H]1SC=S)OCC(Cl)(Cl)Cl. The molecule has 0 unspecified atom stereocenters. The first-order chi connectivity index (χ1) is 8.83. The van der Waals surface area contributed by atoms with Gasteiger partial charge in [0.1, 0.15) is 6.61 Å². The van der Waals surface area contributed by atoms with E-state index >= 15 is 0 Å². The van der Waals surface area contributed by atoms with Crippen molar-refractivity contribution < 1.29 is 19.1 Å². The molecule has 1 aliphatic heterocycles. The number of thiocarbonyl (C=S) groups is 1. The summed E-state index contributed by atoms with van der Waals surface area (Å²) < 4.78 is 9.12. The quantitative estimate of drug-likeness (QED) is 0.337. The van der Waals surface area contributed by atoms with E-state index in [1.165, 1.54) is 16.5 Å². The van der Waals surface area contributed by atoms with Gasteiger partial charge in [0, 0.05) is 4.70 Å². The summed E-state index contributed by atoms with van der Waals surface area (Å²) in [5.41, 5.74) is 0. The van der Waals surface area contributed by atoms with Gasteiger partial charge < -0.3 is 14.8 Å². The van der Waals surface area contributed by atoms with Gasteiger partial charge in [0.2, 0.25) is 9.70 Å². The second-order valence-electron chi connectivity index (χ2n) is 3.56. The first-order valence-electron chi connectivity index (χ1n) is 5.09. The minimum Gasteiger partial charge on any atom is -0.434 e. The van der Waals surface area contributed by atoms with Crippen LogP contribution in [0.15, 0.2) is 0 Å². The van der Waals surface area contributed by atoms with Crippen molar-refractivity contribution in [3.63, 3.8) is 0 Å². The number of amides is 1. The fraction of sp³-hybridized carbons (Fsp3) is 0.667. The van der Waals surface area contributed by atoms with E-state index in [0.29, 0.717) is 6.42 Å². The van der Waals surface area contributed by atoms with Crippen LogP contribution >= 0.6 is 58.8 Å². The molecule has 0 aromatic heterocycles. The van der Waals surface area contributed by atoms with Gasteiger partial charge >= 0.3 is 6.16 Å². The Kier molecular flexibility index (Phi) is 6.96. The van der Waals surface area contributed by atoms with Crippen molar-refractivity contribution in [2.24, 2.45) is 5.92 Å². The maximum Gasteiger partial charge on any atom is 0.508 e. The van der Waals surface area contributed by atoms with Crippen molar-refractivity contribution in [2.75, 3.05) is 13.2 Å². The van der Waals surface area contributed by atoms with E-state index in [4.69, 9.17) is 39.5 Å². The lowest BCUT2D eigenvalue weighted by Gasteiger charge is -2.34. The number of ether oxygens (including phenoxy) is 2. The summed E-state index contributed by atoms with van der Waals surface area (Å²) in [6.45, 7) is -0.352. The molecule has 5 nitrogen and oxygen atoms in total. The van der Waals surface area contributed by atoms with Crippen LogP contribution in [0.4, 0.5) is 4.79 Å². The van der Waals surface area contributed by atoms with Crippen LogP contribution in [0.3, 0.4) is 0 Å². The maximum atomic E-state index is 11.3. The summed E-state index contributed by atoms with van der Waals surface area (Å²) >= 11 is 22.2. The van der Waals surface area contributed by atoms with Crippen molar-refractivity contribution in [2.45, 2.75) is 15.6 Å². The van der Waals surface area contributed by atoms with Gasteiger partial charge in [0.15, 0.2) is 0 Å². The summed E-state index contributed by atoms with van der Waals surface area (Å²) in [5, 5.41) is 2.61. The van der Waals surface area contributed by atoms with E-state index in [9.17, 15) is 9.59 Å². The van der Waals surface area contributed by atoms with Crippen LogP contribution in [0.25, 0.3) is 0 Å². The summed E-state index contributed by atoms with van der Waals surface area (Å²) in [6, 6.07) is 0. The van der Waals surface area contributed by atoms with E-state index in [1.54, 1.807) is 0 Å². The first kappa shape index (κ1) is 17.1.